The van der Waals surface area contributed by atoms with Crippen LogP contribution in [0.1, 0.15) is 29.0 Å². The monoisotopic (exact) mass is 267 g/mol. The van der Waals surface area contributed by atoms with Crippen LogP contribution in [0.5, 0.6) is 0 Å². The average molecular weight is 268 g/mol. The third-order valence-electron chi connectivity index (χ3n) is 2.91. The Balaban J connectivity index is 2.33. The number of hydrogen-bond acceptors (Lipinski definition) is 1. The number of nitrogens with one attached hydrogen (secondary N) is 1. The Labute approximate surface area is 98.2 Å². The Hall–Kier alpha value is -0.830. The van der Waals surface area contributed by atoms with Crippen LogP contribution in [-0.2, 0) is 4.79 Å². The lowest BCUT2D eigenvalue weighted by Crippen LogP contribution is -2.13. The molecule has 1 heterocycles. The minimum Gasteiger partial charge on any atom is -0.355 e. The minimum absolute atomic E-state index is 0.165. The van der Waals surface area contributed by atoms with E-state index < -0.39 is 0 Å². The fraction of sp³-hybridized carbons (Fsp3) is 0.417. The molecule has 80 valence electrons. The molecule has 1 unspecified atom stereocenters. The fourth-order valence-electron chi connectivity index (χ4n) is 2.06. The fourth-order valence-corrected chi connectivity index (χ4v) is 2.28. The quantitative estimate of drug-likeness (QED) is 0.833. The van der Waals surface area contributed by atoms with Gasteiger partial charge >= 0.3 is 0 Å². The van der Waals surface area contributed by atoms with Crippen molar-refractivity contribution in [2.24, 2.45) is 0 Å². The van der Waals surface area contributed by atoms with Gasteiger partial charge in [-0.1, -0.05) is 28.1 Å². The summed E-state index contributed by atoms with van der Waals surface area (Å²) < 4.78 is 1.17. The summed E-state index contributed by atoms with van der Waals surface area (Å²) in [6.45, 7) is 4.95. The number of hydrogen-bond donors (Lipinski definition) is 1. The second kappa shape index (κ2) is 3.97. The first-order valence-electron chi connectivity index (χ1n) is 5.11. The molecule has 0 aliphatic carbocycles. The third-order valence-corrected chi connectivity index (χ3v) is 4.16. The second-order valence-electron chi connectivity index (χ2n) is 4.17. The van der Waals surface area contributed by atoms with Crippen molar-refractivity contribution in [3.8, 4) is 0 Å². The summed E-state index contributed by atoms with van der Waals surface area (Å²) in [6.07, 6.45) is 0.626. The predicted octanol–water partition coefficient (Wildman–Crippen LogP) is 2.67. The molecule has 2 nitrogen and oxygen atoms in total. The highest BCUT2D eigenvalue weighted by atomic mass is 79.9. The maximum atomic E-state index is 11.1. The first kappa shape index (κ1) is 10.7. The molecule has 0 radical (unpaired) electrons. The van der Waals surface area contributed by atoms with E-state index in [0.29, 0.717) is 12.3 Å². The van der Waals surface area contributed by atoms with Gasteiger partial charge in [-0.3, -0.25) is 4.79 Å². The standard InChI is InChI=1S/C12H14BrNO/c1-7-3-9(4-8(2)12(7)13)10-5-11(15)14-6-10/h3-4,10H,5-6H2,1-2H3,(H,14,15). The number of benzene rings is 1. The van der Waals surface area contributed by atoms with Gasteiger partial charge in [-0.05, 0) is 30.5 Å². The molecule has 0 bridgehead atoms. The Kier molecular flexibility index (Phi) is 2.83. The van der Waals surface area contributed by atoms with Crippen LogP contribution >= 0.6 is 15.9 Å². The summed E-state index contributed by atoms with van der Waals surface area (Å²) in [6, 6.07) is 4.34. The van der Waals surface area contributed by atoms with Crippen molar-refractivity contribution in [2.45, 2.75) is 26.2 Å². The van der Waals surface area contributed by atoms with E-state index in [2.05, 4.69) is 47.2 Å². The maximum Gasteiger partial charge on any atom is 0.220 e. The summed E-state index contributed by atoms with van der Waals surface area (Å²) in [5.41, 5.74) is 3.75. The molecule has 1 aliphatic rings. The third kappa shape index (κ3) is 2.07. The molecule has 15 heavy (non-hydrogen) atoms. The minimum atomic E-state index is 0.165. The van der Waals surface area contributed by atoms with Crippen LogP contribution in [0.4, 0.5) is 0 Å². The summed E-state index contributed by atoms with van der Waals surface area (Å²) in [5.74, 6) is 0.515. The molecule has 2 rings (SSSR count). The molecule has 1 saturated heterocycles. The number of carbonyl (C=O) groups is 1. The highest BCUT2D eigenvalue weighted by Crippen LogP contribution is 2.29. The SMILES string of the molecule is Cc1cc(C2CNC(=O)C2)cc(C)c1Br. The Morgan fingerprint density at radius 3 is 2.40 bits per heavy atom. The normalized spacial score (nSPS) is 20.5. The second-order valence-corrected chi connectivity index (χ2v) is 4.97. The van der Waals surface area contributed by atoms with Crippen LogP contribution in [0.2, 0.25) is 0 Å². The molecule has 0 aromatic heterocycles. The molecular weight excluding hydrogens is 254 g/mol. The lowest BCUT2D eigenvalue weighted by molar-refractivity contribution is -0.119. The van der Waals surface area contributed by atoms with E-state index >= 15 is 0 Å². The van der Waals surface area contributed by atoms with E-state index in [4.69, 9.17) is 0 Å². The van der Waals surface area contributed by atoms with Gasteiger partial charge in [0, 0.05) is 23.4 Å². The zero-order valence-electron chi connectivity index (χ0n) is 8.93. The zero-order chi connectivity index (χ0) is 11.0. The summed E-state index contributed by atoms with van der Waals surface area (Å²) in [4.78, 5) is 11.1. The van der Waals surface area contributed by atoms with Crippen molar-refractivity contribution in [2.75, 3.05) is 6.54 Å². The van der Waals surface area contributed by atoms with Gasteiger partial charge < -0.3 is 5.32 Å². The Bertz CT molecular complexity index is 391. The molecule has 0 spiro atoms. The lowest BCUT2D eigenvalue weighted by atomic mass is 9.95. The van der Waals surface area contributed by atoms with Gasteiger partial charge in [0.15, 0.2) is 0 Å². The van der Waals surface area contributed by atoms with E-state index in [1.807, 2.05) is 0 Å². The Morgan fingerprint density at radius 1 is 1.33 bits per heavy atom. The van der Waals surface area contributed by atoms with Crippen LogP contribution < -0.4 is 5.32 Å². The van der Waals surface area contributed by atoms with Gasteiger partial charge in [0.25, 0.3) is 0 Å². The lowest BCUT2D eigenvalue weighted by Gasteiger charge is -2.12. The van der Waals surface area contributed by atoms with E-state index in [0.717, 1.165) is 6.54 Å². The highest BCUT2D eigenvalue weighted by molar-refractivity contribution is 9.10. The molecule has 1 amide bonds. The van der Waals surface area contributed by atoms with Gasteiger partial charge in [-0.25, -0.2) is 0 Å². The first-order chi connectivity index (χ1) is 7.08. The van der Waals surface area contributed by atoms with Gasteiger partial charge in [-0.15, -0.1) is 0 Å². The molecule has 1 atom stereocenters. The number of carbonyl (C=O) groups excluding carboxylic acids is 1. The largest absolute Gasteiger partial charge is 0.355 e. The van der Waals surface area contributed by atoms with Crippen molar-refractivity contribution in [3.05, 3.63) is 33.3 Å². The summed E-state index contributed by atoms with van der Waals surface area (Å²) in [5, 5.41) is 2.87. The van der Waals surface area contributed by atoms with E-state index in [-0.39, 0.29) is 5.91 Å². The summed E-state index contributed by atoms with van der Waals surface area (Å²) >= 11 is 3.55. The van der Waals surface area contributed by atoms with Crippen LogP contribution in [0.3, 0.4) is 0 Å². The van der Waals surface area contributed by atoms with Crippen LogP contribution in [0.25, 0.3) is 0 Å². The zero-order valence-corrected chi connectivity index (χ0v) is 10.5. The van der Waals surface area contributed by atoms with Crippen LogP contribution in [0.15, 0.2) is 16.6 Å². The van der Waals surface area contributed by atoms with Gasteiger partial charge in [0.1, 0.15) is 0 Å². The molecule has 1 N–H and O–H groups in total. The predicted molar refractivity (Wildman–Crippen MR) is 64.0 cm³/mol. The number of aryl methyl sites for hydroxylation is 2. The maximum absolute atomic E-state index is 11.1. The molecule has 1 aromatic rings. The van der Waals surface area contributed by atoms with E-state index in [1.54, 1.807) is 0 Å². The number of amides is 1. The molecular formula is C12H14BrNO. The highest BCUT2D eigenvalue weighted by Gasteiger charge is 2.23. The van der Waals surface area contributed by atoms with Crippen LogP contribution in [0, 0.1) is 13.8 Å². The molecule has 1 aliphatic heterocycles. The van der Waals surface area contributed by atoms with Crippen LogP contribution in [-0.4, -0.2) is 12.5 Å². The number of halogens is 1. The van der Waals surface area contributed by atoms with E-state index in [9.17, 15) is 4.79 Å². The van der Waals surface area contributed by atoms with Crippen molar-refractivity contribution in [1.82, 2.24) is 5.32 Å². The van der Waals surface area contributed by atoms with Crippen molar-refractivity contribution in [3.63, 3.8) is 0 Å². The van der Waals surface area contributed by atoms with Crippen molar-refractivity contribution in [1.29, 1.82) is 0 Å². The van der Waals surface area contributed by atoms with Gasteiger partial charge in [-0.2, -0.15) is 0 Å². The molecule has 0 saturated carbocycles. The first-order valence-corrected chi connectivity index (χ1v) is 5.90. The topological polar surface area (TPSA) is 29.1 Å². The summed E-state index contributed by atoms with van der Waals surface area (Å²) in [7, 11) is 0. The average Bonchev–Trinajstić information content (AvgIpc) is 2.60. The van der Waals surface area contributed by atoms with Gasteiger partial charge in [0.05, 0.1) is 0 Å². The van der Waals surface area contributed by atoms with E-state index in [1.165, 1.54) is 21.2 Å². The molecule has 1 aromatic carbocycles. The molecule has 3 heteroatoms. The van der Waals surface area contributed by atoms with Gasteiger partial charge in [0.2, 0.25) is 5.91 Å². The smallest absolute Gasteiger partial charge is 0.220 e. The van der Waals surface area contributed by atoms with Crippen molar-refractivity contribution >= 4 is 21.8 Å². The molecule has 1 fully saturated rings. The number of rotatable bonds is 1. The Morgan fingerprint density at radius 2 is 1.93 bits per heavy atom. The van der Waals surface area contributed by atoms with Crippen molar-refractivity contribution < 1.29 is 4.79 Å².